The molecule has 0 radical (unpaired) electrons. The number of hydrogen-bond acceptors (Lipinski definition) is 3. The van der Waals surface area contributed by atoms with E-state index in [-0.39, 0.29) is 6.61 Å². The predicted octanol–water partition coefficient (Wildman–Crippen LogP) is 3.25. The molecule has 0 spiro atoms. The molecular weight excluding hydrogens is 288 g/mol. The number of carbonyl (C=O) groups excluding carboxylic acids is 1. The Kier molecular flexibility index (Phi) is 6.07. The fourth-order valence-corrected chi connectivity index (χ4v) is 1.93. The molecule has 2 aromatic carbocycles. The van der Waals surface area contributed by atoms with Crippen LogP contribution < -0.4 is 11.1 Å². The van der Waals surface area contributed by atoms with Gasteiger partial charge in [0.1, 0.15) is 6.61 Å². The summed E-state index contributed by atoms with van der Waals surface area (Å²) in [7, 11) is 0. The summed E-state index contributed by atoms with van der Waals surface area (Å²) in [5.41, 5.74) is 9.39. The maximum atomic E-state index is 11.6. The Morgan fingerprint density at radius 2 is 2.00 bits per heavy atom. The SMILES string of the molecule is Cc1ccc(N)cc1C#CCCNC(=O)OCc1ccccc1. The zero-order valence-electron chi connectivity index (χ0n) is 13.1. The largest absolute Gasteiger partial charge is 0.445 e. The Morgan fingerprint density at radius 1 is 1.22 bits per heavy atom. The second-order valence-corrected chi connectivity index (χ2v) is 5.11. The van der Waals surface area contributed by atoms with Crippen molar-refractivity contribution in [2.75, 3.05) is 12.3 Å². The minimum Gasteiger partial charge on any atom is -0.445 e. The Morgan fingerprint density at radius 3 is 2.78 bits per heavy atom. The van der Waals surface area contributed by atoms with E-state index in [1.807, 2.05) is 55.5 Å². The first-order valence-corrected chi connectivity index (χ1v) is 7.44. The molecule has 0 aliphatic heterocycles. The third-order valence-electron chi connectivity index (χ3n) is 3.22. The number of aryl methyl sites for hydroxylation is 1. The summed E-state index contributed by atoms with van der Waals surface area (Å²) in [6.45, 7) is 2.70. The van der Waals surface area contributed by atoms with Crippen LogP contribution in [-0.2, 0) is 11.3 Å². The van der Waals surface area contributed by atoms with Crippen molar-refractivity contribution in [1.29, 1.82) is 0 Å². The lowest BCUT2D eigenvalue weighted by Crippen LogP contribution is -2.24. The van der Waals surface area contributed by atoms with Crippen LogP contribution in [0.2, 0.25) is 0 Å². The molecule has 0 fully saturated rings. The van der Waals surface area contributed by atoms with Gasteiger partial charge in [0.25, 0.3) is 0 Å². The topological polar surface area (TPSA) is 64.3 Å². The van der Waals surface area contributed by atoms with Gasteiger partial charge in [0.15, 0.2) is 0 Å². The Bertz CT molecular complexity index is 715. The van der Waals surface area contributed by atoms with E-state index in [0.717, 1.165) is 16.7 Å². The van der Waals surface area contributed by atoms with Crippen LogP contribution in [0.3, 0.4) is 0 Å². The number of amides is 1. The van der Waals surface area contributed by atoms with Crippen molar-refractivity contribution in [3.63, 3.8) is 0 Å². The fraction of sp³-hybridized carbons (Fsp3) is 0.211. The van der Waals surface area contributed by atoms with Crippen molar-refractivity contribution in [1.82, 2.24) is 5.32 Å². The number of benzene rings is 2. The second kappa shape index (κ2) is 8.50. The number of carbonyl (C=O) groups is 1. The van der Waals surface area contributed by atoms with Crippen LogP contribution in [0.25, 0.3) is 0 Å². The molecule has 4 heteroatoms. The molecular formula is C19H20N2O2. The molecule has 23 heavy (non-hydrogen) atoms. The van der Waals surface area contributed by atoms with E-state index >= 15 is 0 Å². The van der Waals surface area contributed by atoms with Crippen LogP contribution in [0.15, 0.2) is 48.5 Å². The van der Waals surface area contributed by atoms with Gasteiger partial charge in [0.2, 0.25) is 0 Å². The van der Waals surface area contributed by atoms with Gasteiger partial charge in [-0.2, -0.15) is 0 Å². The van der Waals surface area contributed by atoms with Gasteiger partial charge in [0.05, 0.1) is 0 Å². The summed E-state index contributed by atoms with van der Waals surface area (Å²) >= 11 is 0. The quantitative estimate of drug-likeness (QED) is 0.518. The first-order chi connectivity index (χ1) is 11.1. The van der Waals surface area contributed by atoms with E-state index in [1.165, 1.54) is 0 Å². The van der Waals surface area contributed by atoms with Crippen molar-refractivity contribution < 1.29 is 9.53 Å². The zero-order valence-corrected chi connectivity index (χ0v) is 13.1. The number of ether oxygens (including phenoxy) is 1. The lowest BCUT2D eigenvalue weighted by Gasteiger charge is -2.05. The molecule has 4 nitrogen and oxygen atoms in total. The smallest absolute Gasteiger partial charge is 0.407 e. The molecule has 2 rings (SSSR count). The highest BCUT2D eigenvalue weighted by Gasteiger charge is 2.00. The highest BCUT2D eigenvalue weighted by Crippen LogP contribution is 2.10. The van der Waals surface area contributed by atoms with Gasteiger partial charge in [-0.05, 0) is 30.2 Å². The van der Waals surface area contributed by atoms with E-state index in [0.29, 0.717) is 18.7 Å². The summed E-state index contributed by atoms with van der Waals surface area (Å²) < 4.78 is 5.11. The molecule has 0 atom stereocenters. The molecule has 0 aromatic heterocycles. The number of nitrogens with two attached hydrogens (primary N) is 1. The summed E-state index contributed by atoms with van der Waals surface area (Å²) in [6.07, 6.45) is 0.116. The van der Waals surface area contributed by atoms with E-state index in [4.69, 9.17) is 10.5 Å². The van der Waals surface area contributed by atoms with Crippen LogP contribution >= 0.6 is 0 Å². The van der Waals surface area contributed by atoms with Crippen molar-refractivity contribution in [3.8, 4) is 11.8 Å². The number of anilines is 1. The van der Waals surface area contributed by atoms with Gasteiger partial charge < -0.3 is 15.8 Å². The lowest BCUT2D eigenvalue weighted by atomic mass is 10.1. The molecule has 0 bridgehead atoms. The number of nitrogen functional groups attached to an aromatic ring is 1. The van der Waals surface area contributed by atoms with Gasteiger partial charge in [-0.15, -0.1) is 0 Å². The van der Waals surface area contributed by atoms with Gasteiger partial charge in [-0.1, -0.05) is 48.2 Å². The molecule has 118 valence electrons. The summed E-state index contributed by atoms with van der Waals surface area (Å²) in [4.78, 5) is 11.6. The normalized spacial score (nSPS) is 9.61. The Labute approximate surface area is 136 Å². The third-order valence-corrected chi connectivity index (χ3v) is 3.22. The maximum absolute atomic E-state index is 11.6. The van der Waals surface area contributed by atoms with Crippen LogP contribution in [0.1, 0.15) is 23.1 Å². The number of nitrogens with one attached hydrogen (secondary N) is 1. The molecule has 0 heterocycles. The number of rotatable bonds is 4. The molecule has 1 amide bonds. The highest BCUT2D eigenvalue weighted by atomic mass is 16.5. The molecule has 0 saturated carbocycles. The van der Waals surface area contributed by atoms with Gasteiger partial charge in [-0.3, -0.25) is 0 Å². The van der Waals surface area contributed by atoms with Gasteiger partial charge >= 0.3 is 6.09 Å². The summed E-state index contributed by atoms with van der Waals surface area (Å²) in [5.74, 6) is 6.09. The molecule has 2 aromatic rings. The Hall–Kier alpha value is -2.93. The van der Waals surface area contributed by atoms with Crippen molar-refractivity contribution in [2.24, 2.45) is 0 Å². The fourth-order valence-electron chi connectivity index (χ4n) is 1.93. The minimum atomic E-state index is -0.434. The maximum Gasteiger partial charge on any atom is 0.407 e. The van der Waals surface area contributed by atoms with Crippen molar-refractivity contribution in [3.05, 3.63) is 65.2 Å². The average molecular weight is 308 g/mol. The molecule has 0 saturated heterocycles. The monoisotopic (exact) mass is 308 g/mol. The second-order valence-electron chi connectivity index (χ2n) is 5.11. The Balaban J connectivity index is 1.70. The average Bonchev–Trinajstić information content (AvgIpc) is 2.56. The van der Waals surface area contributed by atoms with Crippen LogP contribution in [0, 0.1) is 18.8 Å². The van der Waals surface area contributed by atoms with Crippen molar-refractivity contribution in [2.45, 2.75) is 20.0 Å². The lowest BCUT2D eigenvalue weighted by molar-refractivity contribution is 0.140. The predicted molar refractivity (Wildman–Crippen MR) is 91.7 cm³/mol. The van der Waals surface area contributed by atoms with Gasteiger partial charge in [-0.25, -0.2) is 4.79 Å². The summed E-state index contributed by atoms with van der Waals surface area (Å²) in [6, 6.07) is 15.2. The minimum absolute atomic E-state index is 0.265. The molecule has 0 aliphatic carbocycles. The summed E-state index contributed by atoms with van der Waals surface area (Å²) in [5, 5.41) is 2.68. The first-order valence-electron chi connectivity index (χ1n) is 7.44. The highest BCUT2D eigenvalue weighted by molar-refractivity contribution is 5.67. The zero-order chi connectivity index (χ0) is 16.5. The van der Waals surface area contributed by atoms with E-state index in [2.05, 4.69) is 17.2 Å². The number of alkyl carbamates (subject to hydrolysis) is 1. The van der Waals surface area contributed by atoms with E-state index < -0.39 is 6.09 Å². The van der Waals surface area contributed by atoms with Crippen LogP contribution in [-0.4, -0.2) is 12.6 Å². The molecule has 0 unspecified atom stereocenters. The van der Waals surface area contributed by atoms with Crippen LogP contribution in [0.5, 0.6) is 0 Å². The van der Waals surface area contributed by atoms with E-state index in [9.17, 15) is 4.79 Å². The standard InChI is InChI=1S/C19H20N2O2/c1-15-10-11-18(20)13-17(15)9-5-6-12-21-19(22)23-14-16-7-3-2-4-8-16/h2-4,7-8,10-11,13H,6,12,14,20H2,1H3,(H,21,22). The van der Waals surface area contributed by atoms with E-state index in [1.54, 1.807) is 0 Å². The first kappa shape index (κ1) is 16.4. The number of hydrogen-bond donors (Lipinski definition) is 2. The van der Waals surface area contributed by atoms with Gasteiger partial charge in [0, 0.05) is 24.2 Å². The third kappa shape index (κ3) is 5.76. The van der Waals surface area contributed by atoms with Crippen LogP contribution in [0.4, 0.5) is 10.5 Å². The molecule has 0 aliphatic rings. The van der Waals surface area contributed by atoms with Crippen molar-refractivity contribution >= 4 is 11.8 Å². The molecule has 3 N–H and O–H groups in total.